The molecule has 0 unspecified atom stereocenters. The van der Waals surface area contributed by atoms with Gasteiger partial charge in [0.2, 0.25) is 0 Å². The zero-order valence-electron chi connectivity index (χ0n) is 12.2. The molecule has 0 fully saturated rings. The summed E-state index contributed by atoms with van der Waals surface area (Å²) in [5.41, 5.74) is 3.61. The van der Waals surface area contributed by atoms with E-state index in [-0.39, 0.29) is 11.6 Å². The van der Waals surface area contributed by atoms with E-state index in [0.29, 0.717) is 17.3 Å². The van der Waals surface area contributed by atoms with Gasteiger partial charge in [0.15, 0.2) is 0 Å². The molecule has 1 aromatic heterocycles. The van der Waals surface area contributed by atoms with E-state index in [9.17, 15) is 9.90 Å². The van der Waals surface area contributed by atoms with Crippen LogP contribution in [-0.4, -0.2) is 20.8 Å². The molecule has 4 nitrogen and oxygen atoms in total. The van der Waals surface area contributed by atoms with Crippen molar-refractivity contribution in [2.75, 3.05) is 0 Å². The molecule has 110 valence electrons. The van der Waals surface area contributed by atoms with Gasteiger partial charge < -0.3 is 5.11 Å². The van der Waals surface area contributed by atoms with Crippen LogP contribution in [0, 0.1) is 6.92 Å². The van der Waals surface area contributed by atoms with E-state index in [1.54, 1.807) is 10.9 Å². The highest BCUT2D eigenvalue weighted by Gasteiger charge is 2.33. The fraction of sp³-hybridized carbons (Fsp3) is 0.222. The van der Waals surface area contributed by atoms with Crippen molar-refractivity contribution in [1.82, 2.24) is 9.55 Å². The summed E-state index contributed by atoms with van der Waals surface area (Å²) in [6.45, 7) is 1.91. The summed E-state index contributed by atoms with van der Waals surface area (Å²) in [5, 5.41) is 11.1. The van der Waals surface area contributed by atoms with Gasteiger partial charge >= 0.3 is 0 Å². The minimum Gasteiger partial charge on any atom is -0.390 e. The lowest BCUT2D eigenvalue weighted by Crippen LogP contribution is -2.31. The van der Waals surface area contributed by atoms with E-state index in [2.05, 4.69) is 4.98 Å². The average molecular weight is 292 g/mol. The number of hydrogen-bond acceptors (Lipinski definition) is 3. The molecular weight excluding hydrogens is 276 g/mol. The minimum absolute atomic E-state index is 0.0937. The molecule has 1 N–H and O–H groups in total. The Morgan fingerprint density at radius 3 is 2.86 bits per heavy atom. The molecule has 0 bridgehead atoms. The molecule has 22 heavy (non-hydrogen) atoms. The number of benzene rings is 2. The van der Waals surface area contributed by atoms with Crippen molar-refractivity contribution in [3.63, 3.8) is 0 Å². The zero-order valence-corrected chi connectivity index (χ0v) is 12.2. The first-order valence-electron chi connectivity index (χ1n) is 7.39. The standard InChI is InChI=1S/C18H16N2O2/c1-11-5-4-8-14-16(11)18(22)20(10-19-14)17-13-7-3-2-6-12(13)9-15(17)21/h2-8,10,15,17,21H,9H2,1H3/t15-,17-/m0/s1. The van der Waals surface area contributed by atoms with Crippen LogP contribution in [0.25, 0.3) is 10.9 Å². The van der Waals surface area contributed by atoms with Gasteiger partial charge in [-0.2, -0.15) is 0 Å². The number of aromatic nitrogens is 2. The summed E-state index contributed by atoms with van der Waals surface area (Å²) < 4.78 is 1.58. The number of aliphatic hydroxyl groups is 1. The van der Waals surface area contributed by atoms with Crippen molar-refractivity contribution in [2.45, 2.75) is 25.5 Å². The molecule has 0 spiro atoms. The van der Waals surface area contributed by atoms with Crippen molar-refractivity contribution in [3.05, 3.63) is 75.8 Å². The predicted octanol–water partition coefficient (Wildman–Crippen LogP) is 2.21. The van der Waals surface area contributed by atoms with Crippen molar-refractivity contribution < 1.29 is 5.11 Å². The van der Waals surface area contributed by atoms with E-state index in [1.165, 1.54) is 0 Å². The van der Waals surface area contributed by atoms with E-state index < -0.39 is 6.10 Å². The maximum absolute atomic E-state index is 12.9. The summed E-state index contributed by atoms with van der Waals surface area (Å²) in [7, 11) is 0. The fourth-order valence-corrected chi connectivity index (χ4v) is 3.43. The summed E-state index contributed by atoms with van der Waals surface area (Å²) in [6, 6.07) is 13.2. The van der Waals surface area contributed by atoms with Crippen LogP contribution >= 0.6 is 0 Å². The van der Waals surface area contributed by atoms with Crippen LogP contribution in [0.1, 0.15) is 22.7 Å². The Bertz CT molecular complexity index is 930. The van der Waals surface area contributed by atoms with E-state index >= 15 is 0 Å². The van der Waals surface area contributed by atoms with Gasteiger partial charge in [0, 0.05) is 6.42 Å². The molecule has 2 atom stereocenters. The molecule has 1 heterocycles. The lowest BCUT2D eigenvalue weighted by atomic mass is 10.1. The molecule has 3 aromatic rings. The van der Waals surface area contributed by atoms with Gasteiger partial charge in [-0.3, -0.25) is 9.36 Å². The Kier molecular flexibility index (Phi) is 2.87. The Hall–Kier alpha value is -2.46. The Labute approximate surface area is 127 Å². The first-order chi connectivity index (χ1) is 10.7. The summed E-state index contributed by atoms with van der Waals surface area (Å²) in [5.74, 6) is 0. The maximum Gasteiger partial charge on any atom is 0.262 e. The zero-order chi connectivity index (χ0) is 15.3. The van der Waals surface area contributed by atoms with Gasteiger partial charge in [0.25, 0.3) is 5.56 Å². The second kappa shape index (κ2) is 4.78. The second-order valence-electron chi connectivity index (χ2n) is 5.84. The fourth-order valence-electron chi connectivity index (χ4n) is 3.43. The van der Waals surface area contributed by atoms with Gasteiger partial charge in [0.1, 0.15) is 0 Å². The van der Waals surface area contributed by atoms with Crippen molar-refractivity contribution in [2.24, 2.45) is 0 Å². The number of aliphatic hydroxyl groups excluding tert-OH is 1. The van der Waals surface area contributed by atoms with Crippen molar-refractivity contribution in [1.29, 1.82) is 0 Å². The highest BCUT2D eigenvalue weighted by molar-refractivity contribution is 5.80. The number of rotatable bonds is 1. The molecule has 2 aromatic carbocycles. The number of aryl methyl sites for hydroxylation is 1. The molecule has 0 amide bonds. The highest BCUT2D eigenvalue weighted by Crippen LogP contribution is 2.33. The smallest absolute Gasteiger partial charge is 0.262 e. The third kappa shape index (κ3) is 1.81. The number of hydrogen-bond donors (Lipinski definition) is 1. The van der Waals surface area contributed by atoms with Crippen molar-refractivity contribution >= 4 is 10.9 Å². The Morgan fingerprint density at radius 1 is 1.18 bits per heavy atom. The quantitative estimate of drug-likeness (QED) is 0.748. The second-order valence-corrected chi connectivity index (χ2v) is 5.84. The highest BCUT2D eigenvalue weighted by atomic mass is 16.3. The van der Waals surface area contributed by atoms with Crippen LogP contribution < -0.4 is 5.56 Å². The first-order valence-corrected chi connectivity index (χ1v) is 7.39. The largest absolute Gasteiger partial charge is 0.390 e. The van der Waals surface area contributed by atoms with Gasteiger partial charge in [-0.1, -0.05) is 36.4 Å². The van der Waals surface area contributed by atoms with Gasteiger partial charge in [-0.25, -0.2) is 4.98 Å². The molecule has 1 aliphatic rings. The molecule has 1 aliphatic carbocycles. The minimum atomic E-state index is -0.599. The lowest BCUT2D eigenvalue weighted by molar-refractivity contribution is 0.142. The topological polar surface area (TPSA) is 55.1 Å². The number of nitrogens with zero attached hydrogens (tertiary/aromatic N) is 2. The lowest BCUT2D eigenvalue weighted by Gasteiger charge is -2.19. The predicted molar refractivity (Wildman–Crippen MR) is 85.0 cm³/mol. The van der Waals surface area contributed by atoms with Gasteiger partial charge in [0.05, 0.1) is 29.4 Å². The molecule has 0 aliphatic heterocycles. The normalized spacial score (nSPS) is 20.3. The van der Waals surface area contributed by atoms with Crippen LogP contribution in [0.4, 0.5) is 0 Å². The molecule has 0 radical (unpaired) electrons. The van der Waals surface area contributed by atoms with Crippen LogP contribution in [0.2, 0.25) is 0 Å². The molecule has 0 saturated heterocycles. The SMILES string of the molecule is Cc1cccc2ncn([C@H]3c4ccccc4C[C@@H]3O)c(=O)c12. The van der Waals surface area contributed by atoms with E-state index in [4.69, 9.17) is 0 Å². The molecule has 4 heteroatoms. The first kappa shape index (κ1) is 13.2. The van der Waals surface area contributed by atoms with Crippen LogP contribution in [0.5, 0.6) is 0 Å². The van der Waals surface area contributed by atoms with E-state index in [0.717, 1.165) is 16.7 Å². The van der Waals surface area contributed by atoms with E-state index in [1.807, 2.05) is 49.4 Å². The van der Waals surface area contributed by atoms with Crippen LogP contribution in [0.3, 0.4) is 0 Å². The monoisotopic (exact) mass is 292 g/mol. The summed E-state index contributed by atoms with van der Waals surface area (Å²) in [6.07, 6.45) is 1.53. The third-order valence-corrected chi connectivity index (χ3v) is 4.49. The third-order valence-electron chi connectivity index (χ3n) is 4.49. The summed E-state index contributed by atoms with van der Waals surface area (Å²) in [4.78, 5) is 17.3. The Morgan fingerprint density at radius 2 is 2.00 bits per heavy atom. The molecule has 4 rings (SSSR count). The van der Waals surface area contributed by atoms with Crippen LogP contribution in [0.15, 0.2) is 53.6 Å². The van der Waals surface area contributed by atoms with Crippen LogP contribution in [-0.2, 0) is 6.42 Å². The average Bonchev–Trinajstić information content (AvgIpc) is 2.84. The van der Waals surface area contributed by atoms with Gasteiger partial charge in [-0.15, -0.1) is 0 Å². The maximum atomic E-state index is 12.9. The van der Waals surface area contributed by atoms with Gasteiger partial charge in [-0.05, 0) is 29.7 Å². The Balaban J connectivity index is 1.98. The summed E-state index contributed by atoms with van der Waals surface area (Å²) >= 11 is 0. The number of fused-ring (bicyclic) bond motifs is 2. The molecular formula is C18H16N2O2. The van der Waals surface area contributed by atoms with Crippen molar-refractivity contribution in [3.8, 4) is 0 Å². The molecule has 0 saturated carbocycles.